The molecule has 116 valence electrons. The summed E-state index contributed by atoms with van der Waals surface area (Å²) in [6, 6.07) is 8.10. The zero-order chi connectivity index (χ0) is 15.6. The second-order valence-corrected chi connectivity index (χ2v) is 6.95. The Bertz CT molecular complexity index is 790. The zero-order valence-electron chi connectivity index (χ0n) is 12.2. The number of hydrogen-bond acceptors (Lipinski definition) is 5. The van der Waals surface area contributed by atoms with Crippen LogP contribution in [0.4, 0.5) is 0 Å². The van der Waals surface area contributed by atoms with E-state index in [1.54, 1.807) is 18.3 Å². The lowest BCUT2D eigenvalue weighted by molar-refractivity contribution is 0.324. The van der Waals surface area contributed by atoms with Gasteiger partial charge >= 0.3 is 0 Å². The Labute approximate surface area is 143 Å². The summed E-state index contributed by atoms with van der Waals surface area (Å²) in [5.74, 6) is 0. The number of benzene rings is 1. The van der Waals surface area contributed by atoms with E-state index in [1.165, 1.54) is 11.3 Å². The third kappa shape index (κ3) is 3.10. The summed E-state index contributed by atoms with van der Waals surface area (Å²) >= 11 is 7.70. The van der Waals surface area contributed by atoms with E-state index in [0.717, 1.165) is 28.4 Å². The minimum absolute atomic E-state index is 0.199. The van der Waals surface area contributed by atoms with Crippen LogP contribution in [0, 0.1) is 0 Å². The summed E-state index contributed by atoms with van der Waals surface area (Å²) in [5.41, 5.74) is 3.53. The predicted octanol–water partition coefficient (Wildman–Crippen LogP) is 3.66. The molecule has 0 fully saturated rings. The van der Waals surface area contributed by atoms with Crippen molar-refractivity contribution in [1.29, 1.82) is 0 Å². The number of H-pyrrole nitrogens is 1. The van der Waals surface area contributed by atoms with Crippen molar-refractivity contribution in [2.45, 2.75) is 23.9 Å². The summed E-state index contributed by atoms with van der Waals surface area (Å²) < 4.78 is 2.35. The molecule has 1 N–H and O–H groups in total. The predicted molar refractivity (Wildman–Crippen MR) is 89.9 cm³/mol. The molecule has 1 aromatic carbocycles. The van der Waals surface area contributed by atoms with E-state index in [2.05, 4.69) is 24.5 Å². The second-order valence-electron chi connectivity index (χ2n) is 5.39. The molecule has 0 saturated heterocycles. The molecule has 7 heteroatoms. The topological polar surface area (TPSA) is 57.7 Å². The summed E-state index contributed by atoms with van der Waals surface area (Å²) in [5, 5.41) is 8.03. The summed E-state index contributed by atoms with van der Waals surface area (Å²) in [6.07, 6.45) is 8.10. The van der Waals surface area contributed by atoms with Crippen LogP contribution in [0.25, 0.3) is 0 Å². The first kappa shape index (κ1) is 14.7. The lowest BCUT2D eigenvalue weighted by atomic mass is 9.99. The molecule has 5 nitrogen and oxygen atoms in total. The van der Waals surface area contributed by atoms with Gasteiger partial charge in [0.2, 0.25) is 0 Å². The number of hydrogen-bond donors (Lipinski definition) is 1. The van der Waals surface area contributed by atoms with E-state index in [9.17, 15) is 0 Å². The Hall–Kier alpha value is -1.89. The number of aromatic amines is 1. The number of nitrogens with one attached hydrogen (secondary N) is 1. The first-order valence-corrected chi connectivity index (χ1v) is 8.41. The maximum atomic E-state index is 5.98. The largest absolute Gasteiger partial charge is 0.282 e. The Kier molecular flexibility index (Phi) is 4.03. The van der Waals surface area contributed by atoms with Gasteiger partial charge in [0.1, 0.15) is 6.33 Å². The molecule has 0 saturated carbocycles. The second kappa shape index (κ2) is 6.31. The van der Waals surface area contributed by atoms with Crippen molar-refractivity contribution in [3.63, 3.8) is 0 Å². The normalized spacial score (nSPS) is 17.9. The van der Waals surface area contributed by atoms with Crippen LogP contribution >= 0.6 is 23.5 Å². The summed E-state index contributed by atoms with van der Waals surface area (Å²) in [7, 11) is 0. The molecule has 1 aliphatic heterocycles. The van der Waals surface area contributed by atoms with Gasteiger partial charge in [-0.15, -0.1) is 0 Å². The van der Waals surface area contributed by atoms with Crippen LogP contribution in [0.15, 0.2) is 54.1 Å². The van der Waals surface area contributed by atoms with Gasteiger partial charge in [0.25, 0.3) is 0 Å². The van der Waals surface area contributed by atoms with Crippen LogP contribution in [0.3, 0.4) is 0 Å². The van der Waals surface area contributed by atoms with Crippen LogP contribution in [0.5, 0.6) is 0 Å². The Morgan fingerprint density at radius 1 is 1.13 bits per heavy atom. The maximum Gasteiger partial charge on any atom is 0.115 e. The van der Waals surface area contributed by atoms with E-state index < -0.39 is 0 Å². The molecule has 0 radical (unpaired) electrons. The highest BCUT2D eigenvalue weighted by Gasteiger charge is 2.30. The van der Waals surface area contributed by atoms with Crippen molar-refractivity contribution >= 4 is 23.5 Å². The van der Waals surface area contributed by atoms with E-state index in [4.69, 9.17) is 11.6 Å². The molecule has 1 unspecified atom stereocenters. The van der Waals surface area contributed by atoms with Gasteiger partial charge in [-0.25, -0.2) is 14.3 Å². The van der Waals surface area contributed by atoms with Crippen LogP contribution in [0.2, 0.25) is 5.02 Å². The fourth-order valence-corrected chi connectivity index (χ4v) is 3.90. The Morgan fingerprint density at radius 3 is 2.70 bits per heavy atom. The van der Waals surface area contributed by atoms with Gasteiger partial charge in [-0.1, -0.05) is 11.6 Å². The van der Waals surface area contributed by atoms with Crippen molar-refractivity contribution in [2.75, 3.05) is 0 Å². The molecular weight excluding hydrogens is 330 g/mol. The van der Waals surface area contributed by atoms with Gasteiger partial charge in [-0.05, 0) is 36.2 Å². The molecule has 23 heavy (non-hydrogen) atoms. The van der Waals surface area contributed by atoms with E-state index >= 15 is 0 Å². The molecule has 3 heterocycles. The first-order chi connectivity index (χ1) is 11.3. The highest BCUT2D eigenvalue weighted by Crippen LogP contribution is 2.39. The fourth-order valence-electron chi connectivity index (χ4n) is 2.72. The van der Waals surface area contributed by atoms with Gasteiger partial charge in [0.05, 0.1) is 12.2 Å². The molecule has 1 atom stereocenters. The summed E-state index contributed by atoms with van der Waals surface area (Å²) in [4.78, 5) is 9.49. The van der Waals surface area contributed by atoms with Crippen molar-refractivity contribution in [1.82, 2.24) is 24.5 Å². The van der Waals surface area contributed by atoms with Gasteiger partial charge in [0.15, 0.2) is 0 Å². The minimum Gasteiger partial charge on any atom is -0.282 e. The van der Waals surface area contributed by atoms with Crippen LogP contribution < -0.4 is 0 Å². The zero-order valence-corrected chi connectivity index (χ0v) is 13.8. The minimum atomic E-state index is 0.199. The van der Waals surface area contributed by atoms with Crippen molar-refractivity contribution in [3.8, 4) is 0 Å². The lowest BCUT2D eigenvalue weighted by Crippen LogP contribution is -2.29. The molecule has 0 aliphatic carbocycles. The van der Waals surface area contributed by atoms with Crippen molar-refractivity contribution < 1.29 is 0 Å². The van der Waals surface area contributed by atoms with Gasteiger partial charge in [-0.2, -0.15) is 5.10 Å². The lowest BCUT2D eigenvalue weighted by Gasteiger charge is -2.34. The highest BCUT2D eigenvalue weighted by molar-refractivity contribution is 7.97. The Morgan fingerprint density at radius 2 is 1.91 bits per heavy atom. The number of halogens is 1. The van der Waals surface area contributed by atoms with Gasteiger partial charge in [0, 0.05) is 52.1 Å². The van der Waals surface area contributed by atoms with Crippen LogP contribution in [-0.4, -0.2) is 24.5 Å². The first-order valence-electron chi connectivity index (χ1n) is 7.26. The average Bonchev–Trinajstić information content (AvgIpc) is 3.04. The molecule has 0 bridgehead atoms. The SMILES string of the molecule is Clc1ccc(SN2Cc3cn[nH]c3CC2c2cncnc2)cc1. The molecular formula is C16H14ClN5S. The molecule has 1 aliphatic rings. The average molecular weight is 344 g/mol. The van der Waals surface area contributed by atoms with E-state index in [1.807, 2.05) is 42.9 Å². The van der Waals surface area contributed by atoms with Crippen molar-refractivity contribution in [2.24, 2.45) is 0 Å². The maximum absolute atomic E-state index is 5.98. The molecule has 0 spiro atoms. The molecule has 0 amide bonds. The smallest absolute Gasteiger partial charge is 0.115 e. The number of rotatable bonds is 3. The van der Waals surface area contributed by atoms with Gasteiger partial charge < -0.3 is 0 Å². The number of fused-ring (bicyclic) bond motifs is 1. The van der Waals surface area contributed by atoms with E-state index in [0.29, 0.717) is 0 Å². The van der Waals surface area contributed by atoms with E-state index in [-0.39, 0.29) is 6.04 Å². The molecule has 2 aromatic heterocycles. The number of aromatic nitrogens is 4. The monoisotopic (exact) mass is 343 g/mol. The highest BCUT2D eigenvalue weighted by atomic mass is 35.5. The van der Waals surface area contributed by atoms with Crippen molar-refractivity contribution in [3.05, 3.63) is 71.0 Å². The third-order valence-corrected chi connectivity index (χ3v) is 5.23. The third-order valence-electron chi connectivity index (χ3n) is 3.88. The van der Waals surface area contributed by atoms with Crippen LogP contribution in [-0.2, 0) is 13.0 Å². The fraction of sp³-hybridized carbons (Fsp3) is 0.188. The molecule has 4 rings (SSSR count). The van der Waals surface area contributed by atoms with Crippen LogP contribution in [0.1, 0.15) is 22.9 Å². The standard InChI is InChI=1S/C16H14ClN5S/c17-13-1-3-14(4-2-13)23-22-9-12-8-20-21-15(12)5-16(22)11-6-18-10-19-7-11/h1-4,6-8,10,16H,5,9H2,(H,20,21). The molecule has 3 aromatic rings. The van der Waals surface area contributed by atoms with Gasteiger partial charge in [-0.3, -0.25) is 5.10 Å². The summed E-state index contributed by atoms with van der Waals surface area (Å²) in [6.45, 7) is 0.818. The number of nitrogens with zero attached hydrogens (tertiary/aromatic N) is 4. The quantitative estimate of drug-likeness (QED) is 0.735. The Balaban J connectivity index is 1.65.